The molecule has 0 aromatic heterocycles. The van der Waals surface area contributed by atoms with Gasteiger partial charge < -0.3 is 14.2 Å². The van der Waals surface area contributed by atoms with E-state index in [1.807, 2.05) is 26.0 Å². The monoisotopic (exact) mass is 533 g/mol. The average Bonchev–Trinajstić information content (AvgIpc) is 3.02. The molecule has 0 saturated carbocycles. The van der Waals surface area contributed by atoms with Crippen molar-refractivity contribution in [3.8, 4) is 17.2 Å². The molecule has 0 unspecified atom stereocenters. The van der Waals surface area contributed by atoms with Crippen molar-refractivity contribution < 1.29 is 23.8 Å². The number of hydrogen-bond donors (Lipinski definition) is 0. The molecule has 0 spiro atoms. The largest absolute Gasteiger partial charge is 0.493 e. The lowest BCUT2D eigenvalue weighted by Crippen LogP contribution is -2.32. The lowest BCUT2D eigenvalue weighted by Gasteiger charge is -2.17. The number of imide groups is 1. The second kappa shape index (κ2) is 11.1. The molecule has 1 aliphatic heterocycles. The summed E-state index contributed by atoms with van der Waals surface area (Å²) in [5.74, 6) is 1.92. The molecule has 0 N–H and O–H groups in total. The molecule has 0 atom stereocenters. The highest BCUT2D eigenvalue weighted by atomic mass is 79.9. The lowest BCUT2D eigenvalue weighted by atomic mass is 10.0. The molecule has 1 heterocycles. The van der Waals surface area contributed by atoms with E-state index in [1.165, 1.54) is 4.90 Å². The molecule has 2 aromatic carbocycles. The van der Waals surface area contributed by atoms with Gasteiger partial charge in [0.15, 0.2) is 11.5 Å². The van der Waals surface area contributed by atoms with E-state index in [0.717, 1.165) is 34.2 Å². The summed E-state index contributed by atoms with van der Waals surface area (Å²) in [5.41, 5.74) is 2.93. The first kappa shape index (κ1) is 25.2. The van der Waals surface area contributed by atoms with Gasteiger partial charge in [-0.1, -0.05) is 26.0 Å². The number of carbonyl (C=O) groups excluding carboxylic acids is 2. The highest BCUT2D eigenvalue weighted by molar-refractivity contribution is 9.10. The minimum Gasteiger partial charge on any atom is -0.493 e. The van der Waals surface area contributed by atoms with Crippen molar-refractivity contribution in [2.75, 3.05) is 26.9 Å². The number of halogens is 1. The standard InChI is InChI=1S/C25H28BrNO5S/c1-6-31-23-19(26)12-17(13-21(23)30-5)14-22-24(28)27(25(29)33-22)9-10-32-20-11-16(4)7-8-18(20)15(2)3/h7-8,11-15H,6,9-10H2,1-5H3/b22-14-. The third-order valence-corrected chi connectivity index (χ3v) is 6.57. The van der Waals surface area contributed by atoms with Crippen molar-refractivity contribution in [1.82, 2.24) is 4.90 Å². The Balaban J connectivity index is 1.72. The molecule has 1 saturated heterocycles. The van der Waals surface area contributed by atoms with Crippen molar-refractivity contribution in [1.29, 1.82) is 0 Å². The number of thioether (sulfide) groups is 1. The summed E-state index contributed by atoms with van der Waals surface area (Å²) in [5, 5.41) is -0.305. The van der Waals surface area contributed by atoms with Crippen LogP contribution in [0.2, 0.25) is 0 Å². The zero-order valence-corrected chi connectivity index (χ0v) is 21.8. The predicted octanol–water partition coefficient (Wildman–Crippen LogP) is 6.40. The van der Waals surface area contributed by atoms with Gasteiger partial charge in [0.25, 0.3) is 11.1 Å². The van der Waals surface area contributed by atoms with Crippen LogP contribution >= 0.6 is 27.7 Å². The number of carbonyl (C=O) groups is 2. The summed E-state index contributed by atoms with van der Waals surface area (Å²) in [6, 6.07) is 9.70. The first-order valence-electron chi connectivity index (χ1n) is 10.7. The Bertz CT molecular complexity index is 1080. The second-order valence-electron chi connectivity index (χ2n) is 7.84. The van der Waals surface area contributed by atoms with Crippen molar-refractivity contribution >= 4 is 44.9 Å². The van der Waals surface area contributed by atoms with Crippen LogP contribution in [-0.4, -0.2) is 42.9 Å². The van der Waals surface area contributed by atoms with Gasteiger partial charge in [0, 0.05) is 0 Å². The molecule has 3 rings (SSSR count). The first-order valence-corrected chi connectivity index (χ1v) is 12.3. The first-order chi connectivity index (χ1) is 15.7. The summed E-state index contributed by atoms with van der Waals surface area (Å²) in [6.07, 6.45) is 1.69. The van der Waals surface area contributed by atoms with Crippen molar-refractivity contribution in [2.24, 2.45) is 0 Å². The molecule has 0 aliphatic carbocycles. The number of benzene rings is 2. The molecule has 8 heteroatoms. The Kier molecular flexibility index (Phi) is 8.48. The highest BCUT2D eigenvalue weighted by Crippen LogP contribution is 2.39. The minimum absolute atomic E-state index is 0.184. The van der Waals surface area contributed by atoms with Gasteiger partial charge in [0.2, 0.25) is 0 Å². The van der Waals surface area contributed by atoms with Gasteiger partial charge in [0.05, 0.1) is 29.6 Å². The highest BCUT2D eigenvalue weighted by Gasteiger charge is 2.35. The maximum absolute atomic E-state index is 12.9. The number of nitrogens with zero attached hydrogens (tertiary/aromatic N) is 1. The smallest absolute Gasteiger partial charge is 0.293 e. The van der Waals surface area contributed by atoms with E-state index in [-0.39, 0.29) is 24.3 Å². The zero-order valence-electron chi connectivity index (χ0n) is 19.4. The minimum atomic E-state index is -0.328. The van der Waals surface area contributed by atoms with Gasteiger partial charge in [-0.25, -0.2) is 0 Å². The van der Waals surface area contributed by atoms with Crippen molar-refractivity contribution in [3.05, 3.63) is 56.4 Å². The predicted molar refractivity (Wildman–Crippen MR) is 135 cm³/mol. The maximum Gasteiger partial charge on any atom is 0.293 e. The Morgan fingerprint density at radius 2 is 1.88 bits per heavy atom. The quantitative estimate of drug-likeness (QED) is 0.347. The Morgan fingerprint density at radius 3 is 2.55 bits per heavy atom. The number of methoxy groups -OCH3 is 1. The Labute approximate surface area is 207 Å². The summed E-state index contributed by atoms with van der Waals surface area (Å²) in [4.78, 5) is 27.0. The van der Waals surface area contributed by atoms with Crippen LogP contribution in [0.5, 0.6) is 17.2 Å². The summed E-state index contributed by atoms with van der Waals surface area (Å²) in [6.45, 7) is 9.02. The van der Waals surface area contributed by atoms with E-state index >= 15 is 0 Å². The fraction of sp³-hybridized carbons (Fsp3) is 0.360. The number of amides is 2. The van der Waals surface area contributed by atoms with Crippen LogP contribution in [0.4, 0.5) is 4.79 Å². The van der Waals surface area contributed by atoms with Gasteiger partial charge in [-0.3, -0.25) is 14.5 Å². The normalized spacial score (nSPS) is 15.0. The zero-order chi connectivity index (χ0) is 24.1. The lowest BCUT2D eigenvalue weighted by molar-refractivity contribution is -0.123. The molecule has 0 radical (unpaired) electrons. The van der Waals surface area contributed by atoms with E-state index in [0.29, 0.717) is 33.4 Å². The van der Waals surface area contributed by atoms with Crippen LogP contribution in [-0.2, 0) is 4.79 Å². The van der Waals surface area contributed by atoms with Crippen LogP contribution in [0.15, 0.2) is 39.7 Å². The van der Waals surface area contributed by atoms with Gasteiger partial charge in [0.1, 0.15) is 12.4 Å². The third kappa shape index (κ3) is 5.92. The van der Waals surface area contributed by atoms with Gasteiger partial charge in [-0.05, 0) is 88.4 Å². The van der Waals surface area contributed by atoms with Crippen LogP contribution in [0.3, 0.4) is 0 Å². The van der Waals surface area contributed by atoms with E-state index in [4.69, 9.17) is 14.2 Å². The average molecular weight is 534 g/mol. The third-order valence-electron chi connectivity index (χ3n) is 5.08. The van der Waals surface area contributed by atoms with Crippen molar-refractivity contribution in [3.63, 3.8) is 0 Å². The van der Waals surface area contributed by atoms with E-state index in [1.54, 1.807) is 19.3 Å². The SMILES string of the molecule is CCOc1c(Br)cc(/C=C2\SC(=O)N(CCOc3cc(C)ccc3C(C)C)C2=O)cc1OC. The van der Waals surface area contributed by atoms with Gasteiger partial charge >= 0.3 is 0 Å². The molecular formula is C25H28BrNO5S. The van der Waals surface area contributed by atoms with E-state index in [2.05, 4.69) is 41.9 Å². The summed E-state index contributed by atoms with van der Waals surface area (Å²) >= 11 is 4.41. The topological polar surface area (TPSA) is 65.1 Å². The molecule has 1 aliphatic rings. The molecule has 1 fully saturated rings. The summed E-state index contributed by atoms with van der Waals surface area (Å²) in [7, 11) is 1.56. The van der Waals surface area contributed by atoms with Gasteiger partial charge in [-0.2, -0.15) is 0 Å². The molecule has 2 aromatic rings. The van der Waals surface area contributed by atoms with Crippen LogP contribution < -0.4 is 14.2 Å². The molecule has 33 heavy (non-hydrogen) atoms. The Morgan fingerprint density at radius 1 is 1.12 bits per heavy atom. The fourth-order valence-corrected chi connectivity index (χ4v) is 4.88. The van der Waals surface area contributed by atoms with E-state index < -0.39 is 0 Å². The van der Waals surface area contributed by atoms with E-state index in [9.17, 15) is 9.59 Å². The number of ether oxygens (including phenoxy) is 3. The van der Waals surface area contributed by atoms with Crippen LogP contribution in [0.25, 0.3) is 6.08 Å². The molecule has 6 nitrogen and oxygen atoms in total. The van der Waals surface area contributed by atoms with Gasteiger partial charge in [-0.15, -0.1) is 0 Å². The molecular weight excluding hydrogens is 506 g/mol. The molecule has 2 amide bonds. The summed E-state index contributed by atoms with van der Waals surface area (Å²) < 4.78 is 17.7. The number of aryl methyl sites for hydroxylation is 1. The van der Waals surface area contributed by atoms with Crippen molar-refractivity contribution in [2.45, 2.75) is 33.6 Å². The van der Waals surface area contributed by atoms with Crippen LogP contribution in [0, 0.1) is 6.92 Å². The number of rotatable bonds is 9. The maximum atomic E-state index is 12.9. The van der Waals surface area contributed by atoms with Crippen LogP contribution in [0.1, 0.15) is 43.4 Å². The second-order valence-corrected chi connectivity index (χ2v) is 9.69. The number of hydrogen-bond acceptors (Lipinski definition) is 6. The fourth-order valence-electron chi connectivity index (χ4n) is 3.44. The molecule has 176 valence electrons. The Hall–Kier alpha value is -2.45. The molecule has 0 bridgehead atoms.